The molecule has 136 valence electrons. The predicted molar refractivity (Wildman–Crippen MR) is 88.8 cm³/mol. The van der Waals surface area contributed by atoms with Crippen LogP contribution in [0.15, 0.2) is 47.1 Å². The van der Waals surface area contributed by atoms with E-state index < -0.39 is 23.5 Å². The number of carbonyl (C=O) groups excluding carboxylic acids is 3. The third-order valence-electron chi connectivity index (χ3n) is 3.11. The van der Waals surface area contributed by atoms with E-state index in [2.05, 4.69) is 5.32 Å². The molecule has 0 saturated heterocycles. The van der Waals surface area contributed by atoms with Crippen LogP contribution in [-0.2, 0) is 20.9 Å². The number of hydrogen-bond acceptors (Lipinski definition) is 5. The highest BCUT2D eigenvalue weighted by atomic mass is 19.1. The molecule has 2 aromatic rings. The van der Waals surface area contributed by atoms with Crippen molar-refractivity contribution in [3.8, 4) is 5.75 Å². The van der Waals surface area contributed by atoms with E-state index in [9.17, 15) is 18.8 Å². The van der Waals surface area contributed by atoms with Crippen LogP contribution in [0.2, 0.25) is 0 Å². The minimum Gasteiger partial charge on any atom is -0.494 e. The van der Waals surface area contributed by atoms with Crippen LogP contribution in [0.4, 0.5) is 4.39 Å². The summed E-state index contributed by atoms with van der Waals surface area (Å²) in [5.41, 5.74) is 4.41. The Kier molecular flexibility index (Phi) is 6.49. The molecule has 3 amide bonds. The molecule has 2 rings (SSSR count). The summed E-state index contributed by atoms with van der Waals surface area (Å²) < 4.78 is 23.3. The van der Waals surface area contributed by atoms with Gasteiger partial charge >= 0.3 is 11.8 Å². The van der Waals surface area contributed by atoms with Gasteiger partial charge in [0.05, 0.1) is 19.9 Å². The third kappa shape index (κ3) is 5.48. The van der Waals surface area contributed by atoms with Crippen molar-refractivity contribution in [2.75, 3.05) is 7.11 Å². The van der Waals surface area contributed by atoms with Gasteiger partial charge < -0.3 is 14.5 Å². The second-order valence-corrected chi connectivity index (χ2v) is 4.93. The maximum absolute atomic E-state index is 13.5. The van der Waals surface area contributed by atoms with Gasteiger partial charge in [0.2, 0.25) is 0 Å². The van der Waals surface area contributed by atoms with Crippen molar-refractivity contribution in [2.24, 2.45) is 0 Å². The predicted octanol–water partition coefficient (Wildman–Crippen LogP) is 0.904. The quantitative estimate of drug-likeness (QED) is 0.417. The van der Waals surface area contributed by atoms with E-state index >= 15 is 0 Å². The molecule has 0 atom stereocenters. The fourth-order valence-corrected chi connectivity index (χ4v) is 1.84. The van der Waals surface area contributed by atoms with Crippen molar-refractivity contribution in [3.63, 3.8) is 0 Å². The zero-order chi connectivity index (χ0) is 18.9. The first-order valence-electron chi connectivity index (χ1n) is 7.41. The zero-order valence-electron chi connectivity index (χ0n) is 13.7. The highest BCUT2D eigenvalue weighted by Gasteiger charge is 2.13. The molecule has 0 radical (unpaired) electrons. The van der Waals surface area contributed by atoms with Gasteiger partial charge in [-0.25, -0.2) is 4.39 Å². The molecule has 0 spiro atoms. The summed E-state index contributed by atoms with van der Waals surface area (Å²) in [7, 11) is 1.34. The van der Waals surface area contributed by atoms with Crippen LogP contribution < -0.4 is 20.9 Å². The Morgan fingerprint density at radius 3 is 2.65 bits per heavy atom. The van der Waals surface area contributed by atoms with E-state index in [1.807, 2.05) is 10.9 Å². The lowest BCUT2D eigenvalue weighted by atomic mass is 10.2. The van der Waals surface area contributed by atoms with Crippen molar-refractivity contribution >= 4 is 23.8 Å². The molecule has 9 heteroatoms. The molecule has 0 fully saturated rings. The molecule has 3 N–H and O–H groups in total. The number of carbonyl (C=O) groups is 3. The van der Waals surface area contributed by atoms with Crippen LogP contribution in [0.25, 0.3) is 6.08 Å². The van der Waals surface area contributed by atoms with Crippen LogP contribution in [0.3, 0.4) is 0 Å². The first-order valence-corrected chi connectivity index (χ1v) is 7.41. The summed E-state index contributed by atoms with van der Waals surface area (Å²) in [6, 6.07) is 7.42. The first kappa shape index (κ1) is 18.7. The smallest absolute Gasteiger partial charge is 0.327 e. The summed E-state index contributed by atoms with van der Waals surface area (Å²) in [6.07, 6.45) is 3.84. The fourth-order valence-electron chi connectivity index (χ4n) is 1.84. The van der Waals surface area contributed by atoms with Crippen LogP contribution in [0.1, 0.15) is 11.3 Å². The zero-order valence-corrected chi connectivity index (χ0v) is 13.7. The highest BCUT2D eigenvalue weighted by molar-refractivity contribution is 6.35. The van der Waals surface area contributed by atoms with E-state index in [0.717, 1.165) is 6.08 Å². The number of furan rings is 1. The molecule has 0 bridgehead atoms. The molecule has 0 aliphatic carbocycles. The number of methoxy groups -OCH3 is 1. The van der Waals surface area contributed by atoms with E-state index in [-0.39, 0.29) is 12.3 Å². The van der Waals surface area contributed by atoms with Crippen molar-refractivity contribution < 1.29 is 27.9 Å². The molecule has 1 aromatic carbocycles. The Balaban J connectivity index is 1.77. The summed E-state index contributed by atoms with van der Waals surface area (Å²) in [6.45, 7) is 0.0378. The van der Waals surface area contributed by atoms with Gasteiger partial charge in [0.25, 0.3) is 5.91 Å². The van der Waals surface area contributed by atoms with E-state index in [0.29, 0.717) is 11.3 Å². The van der Waals surface area contributed by atoms with Crippen molar-refractivity contribution in [1.82, 2.24) is 16.2 Å². The van der Waals surface area contributed by atoms with Crippen LogP contribution in [0.5, 0.6) is 5.75 Å². The largest absolute Gasteiger partial charge is 0.494 e. The highest BCUT2D eigenvalue weighted by Crippen LogP contribution is 2.18. The molecule has 0 aliphatic rings. The van der Waals surface area contributed by atoms with Gasteiger partial charge in [0.1, 0.15) is 5.76 Å². The van der Waals surface area contributed by atoms with E-state index in [4.69, 9.17) is 9.15 Å². The number of ether oxygens (including phenoxy) is 1. The van der Waals surface area contributed by atoms with E-state index in [1.54, 1.807) is 18.2 Å². The monoisotopic (exact) mass is 361 g/mol. The minimum atomic E-state index is -1.05. The number of benzene rings is 1. The van der Waals surface area contributed by atoms with Crippen molar-refractivity contribution in [2.45, 2.75) is 6.54 Å². The number of hydrogen-bond donors (Lipinski definition) is 3. The lowest BCUT2D eigenvalue weighted by molar-refractivity contribution is -0.140. The lowest BCUT2D eigenvalue weighted by Gasteiger charge is -2.05. The molecule has 0 unspecified atom stereocenters. The lowest BCUT2D eigenvalue weighted by Crippen LogP contribution is -2.47. The number of hydrazine groups is 1. The molecular formula is C17H16FN3O5. The van der Waals surface area contributed by atoms with Gasteiger partial charge in [-0.2, -0.15) is 0 Å². The van der Waals surface area contributed by atoms with Gasteiger partial charge in [0.15, 0.2) is 11.6 Å². The molecule has 0 saturated carbocycles. The van der Waals surface area contributed by atoms with Crippen molar-refractivity contribution in [3.05, 3.63) is 59.8 Å². The Morgan fingerprint density at radius 2 is 2.00 bits per heavy atom. The molecule has 0 aliphatic heterocycles. The van der Waals surface area contributed by atoms with Gasteiger partial charge in [0, 0.05) is 6.08 Å². The average molecular weight is 361 g/mol. The SMILES string of the molecule is COc1ccc(/C=C/C(=O)NNC(=O)C(=O)NCc2ccco2)cc1F. The summed E-state index contributed by atoms with van der Waals surface area (Å²) in [4.78, 5) is 34.7. The molecule has 1 aromatic heterocycles. The Bertz CT molecular complexity index is 818. The molecular weight excluding hydrogens is 345 g/mol. The minimum absolute atomic E-state index is 0.0378. The maximum atomic E-state index is 13.5. The molecule has 26 heavy (non-hydrogen) atoms. The normalized spacial score (nSPS) is 10.4. The van der Waals surface area contributed by atoms with Crippen LogP contribution >= 0.6 is 0 Å². The Hall–Kier alpha value is -3.62. The number of amides is 3. The standard InChI is InChI=1S/C17H16FN3O5/c1-25-14-6-4-11(9-13(14)18)5-7-15(22)20-21-17(24)16(23)19-10-12-3-2-8-26-12/h2-9H,10H2,1H3,(H,19,23)(H,20,22)(H,21,24)/b7-5+. The van der Waals surface area contributed by atoms with Crippen LogP contribution in [0, 0.1) is 5.82 Å². The van der Waals surface area contributed by atoms with E-state index in [1.165, 1.54) is 31.6 Å². The van der Waals surface area contributed by atoms with Crippen LogP contribution in [-0.4, -0.2) is 24.8 Å². The summed E-state index contributed by atoms with van der Waals surface area (Å²) in [5.74, 6) is -2.70. The van der Waals surface area contributed by atoms with Gasteiger partial charge in [-0.05, 0) is 35.9 Å². The Labute approximate surface area is 148 Å². The second-order valence-electron chi connectivity index (χ2n) is 4.93. The number of nitrogens with one attached hydrogen (secondary N) is 3. The molecule has 1 heterocycles. The average Bonchev–Trinajstić information content (AvgIpc) is 3.16. The van der Waals surface area contributed by atoms with Gasteiger partial charge in [-0.3, -0.25) is 25.2 Å². The van der Waals surface area contributed by atoms with Gasteiger partial charge in [-0.15, -0.1) is 0 Å². The third-order valence-corrected chi connectivity index (χ3v) is 3.11. The second kappa shape index (κ2) is 9.02. The fraction of sp³-hybridized carbons (Fsp3) is 0.118. The maximum Gasteiger partial charge on any atom is 0.327 e. The number of halogens is 1. The number of rotatable bonds is 5. The summed E-state index contributed by atoms with van der Waals surface area (Å²) >= 11 is 0. The Morgan fingerprint density at radius 1 is 1.19 bits per heavy atom. The topological polar surface area (TPSA) is 110 Å². The molecule has 8 nitrogen and oxygen atoms in total. The summed E-state index contributed by atoms with van der Waals surface area (Å²) in [5, 5.41) is 2.32. The van der Waals surface area contributed by atoms with Crippen molar-refractivity contribution in [1.29, 1.82) is 0 Å². The van der Waals surface area contributed by atoms with Gasteiger partial charge in [-0.1, -0.05) is 6.07 Å². The first-order chi connectivity index (χ1) is 12.5.